The summed E-state index contributed by atoms with van der Waals surface area (Å²) in [5.41, 5.74) is 1.21. The molecule has 0 spiro atoms. The van der Waals surface area contributed by atoms with Crippen molar-refractivity contribution in [2.24, 2.45) is 0 Å². The molecule has 0 N–H and O–H groups in total. The smallest absolute Gasteiger partial charge is 0.254 e. The van der Waals surface area contributed by atoms with E-state index in [1.165, 1.54) is 49.4 Å². The lowest BCUT2D eigenvalue weighted by Gasteiger charge is -2.36. The van der Waals surface area contributed by atoms with Crippen LogP contribution in [-0.4, -0.2) is 57.4 Å². The van der Waals surface area contributed by atoms with Crippen LogP contribution in [0.5, 0.6) is 0 Å². The zero-order chi connectivity index (χ0) is 25.3. The van der Waals surface area contributed by atoms with E-state index in [0.717, 1.165) is 6.26 Å². The Hall–Kier alpha value is -3.59. The van der Waals surface area contributed by atoms with Crippen LogP contribution in [0.1, 0.15) is 27.6 Å². The van der Waals surface area contributed by atoms with E-state index in [4.69, 9.17) is 0 Å². The van der Waals surface area contributed by atoms with Crippen molar-refractivity contribution in [1.82, 2.24) is 4.90 Å². The Morgan fingerprint density at radius 1 is 0.829 bits per heavy atom. The van der Waals surface area contributed by atoms with Gasteiger partial charge in [-0.3, -0.25) is 9.59 Å². The largest absolute Gasteiger partial charge is 0.366 e. The number of piperazine rings is 1. The molecule has 0 unspecified atom stereocenters. The zero-order valence-corrected chi connectivity index (χ0v) is 20.1. The molecule has 182 valence electrons. The first-order valence-corrected chi connectivity index (χ1v) is 12.9. The first-order chi connectivity index (χ1) is 16.6. The number of sulfone groups is 1. The molecule has 1 heterocycles. The van der Waals surface area contributed by atoms with E-state index in [2.05, 4.69) is 0 Å². The second-order valence-electron chi connectivity index (χ2n) is 8.46. The van der Waals surface area contributed by atoms with E-state index < -0.39 is 27.4 Å². The second-order valence-corrected chi connectivity index (χ2v) is 10.5. The molecule has 0 aromatic heterocycles. The van der Waals surface area contributed by atoms with Crippen molar-refractivity contribution in [2.45, 2.75) is 11.8 Å². The zero-order valence-electron chi connectivity index (χ0n) is 19.3. The summed E-state index contributed by atoms with van der Waals surface area (Å²) in [7, 11) is -3.60. The van der Waals surface area contributed by atoms with Crippen molar-refractivity contribution < 1.29 is 26.8 Å². The Balaban J connectivity index is 1.61. The van der Waals surface area contributed by atoms with E-state index in [9.17, 15) is 26.8 Å². The van der Waals surface area contributed by atoms with Crippen LogP contribution in [0.2, 0.25) is 0 Å². The Kier molecular flexibility index (Phi) is 6.71. The number of nitrogens with zero attached hydrogens (tertiary/aromatic N) is 2. The standard InChI is InChI=1S/C26H24F2N2O4S/c1-17(31)18-7-10-25(24(28)15-18)29-11-13-30(14-12-29)26(32)22-16-19(35(2,33)34)8-9-20(22)21-5-3-4-6-23(21)27/h3-10,15-16H,11-14H2,1-2H3. The van der Waals surface area contributed by atoms with Crippen molar-refractivity contribution in [2.75, 3.05) is 37.3 Å². The molecule has 9 heteroatoms. The van der Waals surface area contributed by atoms with Gasteiger partial charge in [0.2, 0.25) is 0 Å². The van der Waals surface area contributed by atoms with Crippen LogP contribution < -0.4 is 4.90 Å². The van der Waals surface area contributed by atoms with Crippen molar-refractivity contribution in [3.8, 4) is 11.1 Å². The molecule has 1 amide bonds. The Bertz CT molecular complexity index is 1410. The Labute approximate surface area is 202 Å². The summed E-state index contributed by atoms with van der Waals surface area (Å²) in [5.74, 6) is -1.70. The highest BCUT2D eigenvalue weighted by Crippen LogP contribution is 2.30. The quantitative estimate of drug-likeness (QED) is 0.493. The third-order valence-corrected chi connectivity index (χ3v) is 7.19. The van der Waals surface area contributed by atoms with E-state index in [1.54, 1.807) is 28.0 Å². The highest BCUT2D eigenvalue weighted by molar-refractivity contribution is 7.90. The molecule has 0 aliphatic carbocycles. The minimum absolute atomic E-state index is 0.0350. The number of rotatable bonds is 5. The van der Waals surface area contributed by atoms with Gasteiger partial charge < -0.3 is 9.80 Å². The summed E-state index contributed by atoms with van der Waals surface area (Å²) in [6.45, 7) is 2.55. The summed E-state index contributed by atoms with van der Waals surface area (Å²) >= 11 is 0. The van der Waals surface area contributed by atoms with Crippen molar-refractivity contribution in [1.29, 1.82) is 0 Å². The summed E-state index contributed by atoms with van der Waals surface area (Å²) in [6.07, 6.45) is 1.05. The van der Waals surface area contributed by atoms with E-state index in [1.807, 2.05) is 0 Å². The van der Waals surface area contributed by atoms with Gasteiger partial charge in [0.25, 0.3) is 5.91 Å². The van der Waals surface area contributed by atoms with E-state index in [0.29, 0.717) is 24.3 Å². The van der Waals surface area contributed by atoms with Gasteiger partial charge in [0.05, 0.1) is 10.6 Å². The monoisotopic (exact) mass is 498 g/mol. The predicted molar refractivity (Wildman–Crippen MR) is 129 cm³/mol. The summed E-state index contributed by atoms with van der Waals surface area (Å²) < 4.78 is 53.4. The van der Waals surface area contributed by atoms with Crippen LogP contribution in [0.4, 0.5) is 14.5 Å². The van der Waals surface area contributed by atoms with E-state index >= 15 is 0 Å². The molecule has 35 heavy (non-hydrogen) atoms. The number of amides is 1. The molecule has 0 saturated carbocycles. The average Bonchev–Trinajstić information content (AvgIpc) is 2.83. The molecule has 3 aromatic carbocycles. The van der Waals surface area contributed by atoms with Gasteiger partial charge in [0.1, 0.15) is 11.6 Å². The van der Waals surface area contributed by atoms with Gasteiger partial charge in [-0.15, -0.1) is 0 Å². The number of carbonyl (C=O) groups is 2. The van der Waals surface area contributed by atoms with Crippen LogP contribution in [0.3, 0.4) is 0 Å². The first-order valence-electron chi connectivity index (χ1n) is 11.0. The number of anilines is 1. The number of Topliss-reactive ketones (excluding diaryl/α,β-unsaturated/α-hetero) is 1. The predicted octanol–water partition coefficient (Wildman–Crippen LogP) is 4.20. The third kappa shape index (κ3) is 5.09. The summed E-state index contributed by atoms with van der Waals surface area (Å²) in [5, 5.41) is 0. The van der Waals surface area contributed by atoms with Crippen LogP contribution >= 0.6 is 0 Å². The van der Waals surface area contributed by atoms with Gasteiger partial charge in [-0.05, 0) is 48.9 Å². The van der Waals surface area contributed by atoms with Crippen molar-refractivity contribution >= 4 is 27.2 Å². The van der Waals surface area contributed by atoms with E-state index in [-0.39, 0.29) is 40.5 Å². The third-order valence-electron chi connectivity index (χ3n) is 6.08. The number of benzene rings is 3. The highest BCUT2D eigenvalue weighted by atomic mass is 32.2. The normalized spacial score (nSPS) is 14.2. The minimum Gasteiger partial charge on any atom is -0.366 e. The van der Waals surface area contributed by atoms with Crippen LogP contribution in [0.25, 0.3) is 11.1 Å². The molecule has 0 atom stereocenters. The first kappa shape index (κ1) is 24.5. The molecule has 1 aliphatic rings. The number of halogens is 2. The lowest BCUT2D eigenvalue weighted by atomic mass is 9.98. The fourth-order valence-corrected chi connectivity index (χ4v) is 4.80. The number of hydrogen-bond donors (Lipinski definition) is 0. The van der Waals surface area contributed by atoms with Gasteiger partial charge in [-0.1, -0.05) is 24.3 Å². The molecule has 1 fully saturated rings. The highest BCUT2D eigenvalue weighted by Gasteiger charge is 2.27. The van der Waals surface area contributed by atoms with Gasteiger partial charge in [0.15, 0.2) is 15.6 Å². The van der Waals surface area contributed by atoms with Gasteiger partial charge in [0, 0.05) is 49.1 Å². The van der Waals surface area contributed by atoms with Crippen LogP contribution in [0.15, 0.2) is 65.6 Å². The van der Waals surface area contributed by atoms with Gasteiger partial charge >= 0.3 is 0 Å². The van der Waals surface area contributed by atoms with Gasteiger partial charge in [-0.25, -0.2) is 17.2 Å². The van der Waals surface area contributed by atoms with Crippen LogP contribution in [0, 0.1) is 11.6 Å². The lowest BCUT2D eigenvalue weighted by molar-refractivity contribution is 0.0747. The Morgan fingerprint density at radius 2 is 1.51 bits per heavy atom. The number of ketones is 1. The number of carbonyl (C=O) groups excluding carboxylic acids is 2. The fourth-order valence-electron chi connectivity index (χ4n) is 4.15. The fraction of sp³-hybridized carbons (Fsp3) is 0.231. The molecule has 0 radical (unpaired) electrons. The molecule has 0 bridgehead atoms. The maximum atomic E-state index is 14.6. The molecule has 3 aromatic rings. The lowest BCUT2D eigenvalue weighted by Crippen LogP contribution is -2.49. The second kappa shape index (κ2) is 9.58. The average molecular weight is 499 g/mol. The van der Waals surface area contributed by atoms with Crippen LogP contribution in [-0.2, 0) is 9.84 Å². The molecule has 1 saturated heterocycles. The SMILES string of the molecule is CC(=O)c1ccc(N2CCN(C(=O)c3cc(S(C)(=O)=O)ccc3-c3ccccc3F)CC2)c(F)c1. The van der Waals surface area contributed by atoms with Gasteiger partial charge in [-0.2, -0.15) is 0 Å². The minimum atomic E-state index is -3.60. The maximum absolute atomic E-state index is 14.6. The maximum Gasteiger partial charge on any atom is 0.254 e. The topological polar surface area (TPSA) is 74.8 Å². The number of hydrogen-bond acceptors (Lipinski definition) is 5. The Morgan fingerprint density at radius 3 is 2.11 bits per heavy atom. The molecular formula is C26H24F2N2O4S. The summed E-state index contributed by atoms with van der Waals surface area (Å²) in [4.78, 5) is 28.3. The molecule has 4 rings (SSSR count). The molecular weight excluding hydrogens is 474 g/mol. The summed E-state index contributed by atoms with van der Waals surface area (Å²) in [6, 6.07) is 14.4. The van der Waals surface area contributed by atoms with Crippen molar-refractivity contribution in [3.05, 3.63) is 83.4 Å². The molecule has 1 aliphatic heterocycles. The molecule has 6 nitrogen and oxygen atoms in total. The van der Waals surface area contributed by atoms with Crippen molar-refractivity contribution in [3.63, 3.8) is 0 Å².